The standard InChI is InChI=1S/C38H44FN7O10S4/c1-25-23-30(44-45-35(25)43-38-41-29-10-2-3-12-32(29)57-38)28(11-5-19-47)40-37-42-34(36(48)49)33(58-37)13-6-20-56-31-15-14-26(24-27(31)39)9-4-16-46(17-7-21-59(50,51)52)18-8-22-60(53,54)55/h2-3,10,12,14-15,23-24,28,47H,5-8,11,13,16-22H2,1H3,(H,40,42)(H,48,49)(H,41,43,45)(H,50,51,52)(H,53,54,55). The molecule has 6 N–H and O–H groups in total. The van der Waals surface area contributed by atoms with Crippen LogP contribution in [-0.2, 0) is 26.7 Å². The zero-order valence-corrected chi connectivity index (χ0v) is 35.6. The second kappa shape index (κ2) is 21.6. The SMILES string of the molecule is Cc1cc(C(CCCO)Nc2nc(C(=O)O)c(CCCOc3ccc(C#CCN(CCCS(=O)(=O)O)CCCS(=O)(=O)O)cc3F)s2)nnc1Nc1nc2ccccc2s1. The summed E-state index contributed by atoms with van der Waals surface area (Å²) in [5.74, 6) is 3.29. The van der Waals surface area contributed by atoms with Crippen molar-refractivity contribution in [2.75, 3.05) is 55.0 Å². The van der Waals surface area contributed by atoms with Gasteiger partial charge in [0.15, 0.2) is 33.3 Å². The van der Waals surface area contributed by atoms with Gasteiger partial charge in [0.25, 0.3) is 20.2 Å². The fourth-order valence-corrected chi connectivity index (χ4v) is 8.79. The van der Waals surface area contributed by atoms with E-state index in [2.05, 4.69) is 42.6 Å². The zero-order valence-electron chi connectivity index (χ0n) is 32.4. The van der Waals surface area contributed by atoms with E-state index in [1.807, 2.05) is 37.3 Å². The minimum absolute atomic E-state index is 0.0350. The summed E-state index contributed by atoms with van der Waals surface area (Å²) in [5, 5.41) is 35.9. The lowest BCUT2D eigenvalue weighted by Gasteiger charge is -2.18. The van der Waals surface area contributed by atoms with Gasteiger partial charge in [0, 0.05) is 30.1 Å². The summed E-state index contributed by atoms with van der Waals surface area (Å²) in [6, 6.07) is 13.4. The number of aryl methyl sites for hydroxylation is 2. The van der Waals surface area contributed by atoms with Crippen molar-refractivity contribution >= 4 is 75.2 Å². The van der Waals surface area contributed by atoms with Crippen LogP contribution >= 0.6 is 22.7 Å². The largest absolute Gasteiger partial charge is 0.491 e. The fraction of sp³-hybridized carbons (Fsp3) is 0.395. The second-order valence-electron chi connectivity index (χ2n) is 13.5. The third kappa shape index (κ3) is 14.7. The van der Waals surface area contributed by atoms with Gasteiger partial charge in [-0.05, 0) is 87.4 Å². The zero-order chi connectivity index (χ0) is 43.3. The third-order valence-corrected chi connectivity index (χ3v) is 12.4. The van der Waals surface area contributed by atoms with E-state index in [1.165, 1.54) is 34.8 Å². The normalized spacial score (nSPS) is 12.3. The predicted octanol–water partition coefficient (Wildman–Crippen LogP) is 5.58. The van der Waals surface area contributed by atoms with Crippen molar-refractivity contribution < 1.29 is 50.1 Å². The first-order valence-corrected chi connectivity index (χ1v) is 23.5. The molecule has 0 radical (unpaired) electrons. The number of halogens is 1. The van der Waals surface area contributed by atoms with Crippen LogP contribution in [-0.4, -0.2) is 112 Å². The number of carboxylic acid groups (broad SMARTS) is 1. The summed E-state index contributed by atoms with van der Waals surface area (Å²) in [4.78, 5) is 23.2. The van der Waals surface area contributed by atoms with Crippen LogP contribution in [0.1, 0.15) is 70.3 Å². The van der Waals surface area contributed by atoms with Crippen molar-refractivity contribution in [2.45, 2.75) is 51.5 Å². The molecule has 1 unspecified atom stereocenters. The summed E-state index contributed by atoms with van der Waals surface area (Å²) >= 11 is 2.67. The van der Waals surface area contributed by atoms with E-state index in [-0.39, 0.29) is 63.6 Å². The molecule has 0 saturated heterocycles. The van der Waals surface area contributed by atoms with Gasteiger partial charge < -0.3 is 25.6 Å². The van der Waals surface area contributed by atoms with Crippen molar-refractivity contribution in [2.24, 2.45) is 0 Å². The lowest BCUT2D eigenvalue weighted by molar-refractivity contribution is 0.0690. The highest BCUT2D eigenvalue weighted by molar-refractivity contribution is 7.86. The first kappa shape index (κ1) is 46.2. The Bertz CT molecular complexity index is 2470. The van der Waals surface area contributed by atoms with Crippen LogP contribution in [0.5, 0.6) is 5.75 Å². The van der Waals surface area contributed by atoms with Crippen LogP contribution in [0.25, 0.3) is 10.2 Å². The van der Waals surface area contributed by atoms with E-state index >= 15 is 0 Å². The van der Waals surface area contributed by atoms with E-state index in [1.54, 1.807) is 11.0 Å². The average molecular weight is 906 g/mol. The molecule has 0 amide bonds. The molecule has 2 aromatic carbocycles. The van der Waals surface area contributed by atoms with E-state index in [9.17, 15) is 36.2 Å². The number of hydrogen-bond donors (Lipinski definition) is 6. The van der Waals surface area contributed by atoms with Crippen molar-refractivity contribution in [1.29, 1.82) is 0 Å². The number of benzene rings is 2. The number of fused-ring (bicyclic) bond motifs is 1. The Labute approximate surface area is 354 Å². The molecule has 0 spiro atoms. The van der Waals surface area contributed by atoms with Crippen LogP contribution in [0.15, 0.2) is 48.5 Å². The Morgan fingerprint density at radius 1 is 0.950 bits per heavy atom. The number of aliphatic hydroxyl groups is 1. The molecule has 22 heteroatoms. The monoisotopic (exact) mass is 905 g/mol. The number of carboxylic acids is 1. The maximum atomic E-state index is 15.0. The van der Waals surface area contributed by atoms with Gasteiger partial charge in [-0.2, -0.15) is 21.9 Å². The first-order valence-electron chi connectivity index (χ1n) is 18.7. The molecule has 5 aromatic rings. The summed E-state index contributed by atoms with van der Waals surface area (Å²) in [7, 11) is -8.37. The Hall–Kier alpha value is -4.86. The number of nitrogens with one attached hydrogen (secondary N) is 2. The molecule has 3 heterocycles. The number of aromatic nitrogens is 4. The average Bonchev–Trinajstić information content (AvgIpc) is 3.79. The predicted molar refractivity (Wildman–Crippen MR) is 227 cm³/mol. The summed E-state index contributed by atoms with van der Waals surface area (Å²) in [6.45, 7) is 2.32. The van der Waals surface area contributed by atoms with Gasteiger partial charge >= 0.3 is 5.97 Å². The highest BCUT2D eigenvalue weighted by Crippen LogP contribution is 2.32. The lowest BCUT2D eigenvalue weighted by atomic mass is 10.1. The molecule has 0 fully saturated rings. The van der Waals surface area contributed by atoms with Crippen molar-refractivity contribution in [3.8, 4) is 17.6 Å². The molecule has 0 aliphatic heterocycles. The number of carbonyl (C=O) groups is 1. The number of thiazole rings is 2. The molecule has 0 aliphatic rings. The molecule has 17 nitrogen and oxygen atoms in total. The minimum atomic E-state index is -4.18. The molecule has 0 saturated carbocycles. The number of nitrogens with zero attached hydrogens (tertiary/aromatic N) is 5. The molecule has 60 heavy (non-hydrogen) atoms. The number of aliphatic hydroxyl groups excluding tert-OH is 1. The minimum Gasteiger partial charge on any atom is -0.491 e. The Balaban J connectivity index is 1.16. The number of rotatable bonds is 23. The molecular formula is C38H44FN7O10S4. The number of para-hydroxylation sites is 1. The van der Waals surface area contributed by atoms with Gasteiger partial charge in [0.2, 0.25) is 0 Å². The highest BCUT2D eigenvalue weighted by Gasteiger charge is 2.22. The molecule has 5 rings (SSSR count). The van der Waals surface area contributed by atoms with E-state index in [0.29, 0.717) is 51.5 Å². The van der Waals surface area contributed by atoms with Gasteiger partial charge in [-0.3, -0.25) is 14.0 Å². The second-order valence-corrected chi connectivity index (χ2v) is 18.8. The number of anilines is 3. The number of aromatic carboxylic acids is 1. The van der Waals surface area contributed by atoms with Gasteiger partial charge in [-0.1, -0.05) is 35.3 Å². The summed E-state index contributed by atoms with van der Waals surface area (Å²) in [6.07, 6.45) is 1.66. The smallest absolute Gasteiger partial charge is 0.355 e. The fourth-order valence-electron chi connectivity index (χ4n) is 5.89. The van der Waals surface area contributed by atoms with Gasteiger partial charge in [-0.15, -0.1) is 16.4 Å². The van der Waals surface area contributed by atoms with E-state index < -0.39 is 49.6 Å². The molecule has 3 aromatic heterocycles. The van der Waals surface area contributed by atoms with E-state index in [0.717, 1.165) is 15.8 Å². The summed E-state index contributed by atoms with van der Waals surface area (Å²) < 4.78 is 84.0. The molecule has 322 valence electrons. The van der Waals surface area contributed by atoms with Crippen LogP contribution in [0.4, 0.5) is 20.5 Å². The van der Waals surface area contributed by atoms with Crippen molar-refractivity contribution in [1.82, 2.24) is 25.1 Å². The molecule has 1 atom stereocenters. The topological polar surface area (TPSA) is 254 Å². The van der Waals surface area contributed by atoms with E-state index in [4.69, 9.17) is 13.8 Å². The van der Waals surface area contributed by atoms with Crippen LogP contribution < -0.4 is 15.4 Å². The van der Waals surface area contributed by atoms with Gasteiger partial charge in [0.05, 0.1) is 46.6 Å². The van der Waals surface area contributed by atoms with Gasteiger partial charge in [0.1, 0.15) is 0 Å². The van der Waals surface area contributed by atoms with Crippen molar-refractivity contribution in [3.05, 3.63) is 81.7 Å². The van der Waals surface area contributed by atoms with Crippen LogP contribution in [0, 0.1) is 24.6 Å². The van der Waals surface area contributed by atoms with Gasteiger partial charge in [-0.25, -0.2) is 19.2 Å². The Morgan fingerprint density at radius 3 is 2.33 bits per heavy atom. The van der Waals surface area contributed by atoms with Crippen LogP contribution in [0.3, 0.4) is 0 Å². The van der Waals surface area contributed by atoms with Crippen LogP contribution in [0.2, 0.25) is 0 Å². The quantitative estimate of drug-likeness (QED) is 0.0266. The highest BCUT2D eigenvalue weighted by atomic mass is 32.2. The molecule has 0 bridgehead atoms. The number of ether oxygens (including phenoxy) is 1. The lowest BCUT2D eigenvalue weighted by Crippen LogP contribution is -2.29. The molecule has 0 aliphatic carbocycles. The Morgan fingerprint density at radius 2 is 1.68 bits per heavy atom. The van der Waals surface area contributed by atoms with Crippen molar-refractivity contribution in [3.63, 3.8) is 0 Å². The molecular weight excluding hydrogens is 862 g/mol. The first-order chi connectivity index (χ1) is 28.6. The maximum absolute atomic E-state index is 15.0. The maximum Gasteiger partial charge on any atom is 0.355 e. The Kier molecular flexibility index (Phi) is 16.6. The number of hydrogen-bond acceptors (Lipinski definition) is 16. The summed E-state index contributed by atoms with van der Waals surface area (Å²) in [5.41, 5.74) is 2.47. The third-order valence-electron chi connectivity index (χ3n) is 8.75.